The van der Waals surface area contributed by atoms with Crippen LogP contribution in [0.2, 0.25) is 0 Å². The lowest BCUT2D eigenvalue weighted by atomic mass is 10.1. The number of carbonyl (C=O) groups excluding carboxylic acids is 1. The molecule has 198 valence electrons. The number of hydrogen-bond donors (Lipinski definition) is 1. The van der Waals surface area contributed by atoms with Crippen LogP contribution >= 0.6 is 0 Å². The average Bonchev–Trinajstić information content (AvgIpc) is 2.91. The van der Waals surface area contributed by atoms with Gasteiger partial charge in [-0.15, -0.1) is 0 Å². The third kappa shape index (κ3) is 6.40. The van der Waals surface area contributed by atoms with E-state index in [9.17, 15) is 4.79 Å². The molecule has 0 radical (unpaired) electrons. The minimum absolute atomic E-state index is 0.333. The van der Waals surface area contributed by atoms with Crippen molar-refractivity contribution in [2.75, 3.05) is 24.3 Å². The fourth-order valence-corrected chi connectivity index (χ4v) is 3.58. The van der Waals surface area contributed by atoms with Crippen molar-refractivity contribution in [2.24, 2.45) is 0 Å². The second-order valence-electron chi connectivity index (χ2n) is 9.86. The number of pyridine rings is 1. The zero-order chi connectivity index (χ0) is 28.2. The van der Waals surface area contributed by atoms with Gasteiger partial charge < -0.3 is 10.1 Å². The van der Waals surface area contributed by atoms with E-state index < -0.39 is 5.54 Å². The Morgan fingerprint density at radius 1 is 1.08 bits per heavy atom. The lowest BCUT2D eigenvalue weighted by Gasteiger charge is -2.28. The molecule has 0 fully saturated rings. The Hall–Kier alpha value is -4.74. The normalized spacial score (nSPS) is 11.1. The molecule has 0 aliphatic rings. The number of nitrogens with zero attached hydrogens (tertiary/aromatic N) is 5. The van der Waals surface area contributed by atoms with Crippen LogP contribution in [0.4, 0.5) is 17.1 Å². The van der Waals surface area contributed by atoms with Crippen LogP contribution in [-0.4, -0.2) is 45.4 Å². The number of amides is 1. The molecule has 4 rings (SSSR count). The molecule has 0 bridgehead atoms. The third-order valence-corrected chi connectivity index (χ3v) is 6.43. The van der Waals surface area contributed by atoms with Gasteiger partial charge in [0.05, 0.1) is 34.3 Å². The Morgan fingerprint density at radius 2 is 1.87 bits per heavy atom. The largest absolute Gasteiger partial charge is 0.455 e. The molecule has 2 aromatic heterocycles. The van der Waals surface area contributed by atoms with E-state index in [2.05, 4.69) is 38.8 Å². The van der Waals surface area contributed by atoms with Crippen LogP contribution in [-0.2, 0) is 4.79 Å². The summed E-state index contributed by atoms with van der Waals surface area (Å²) < 4.78 is 6.09. The summed E-state index contributed by atoms with van der Waals surface area (Å²) in [6.45, 7) is 11.6. The number of rotatable bonds is 7. The maximum atomic E-state index is 12.4. The number of fused-ring (bicyclic) bond motifs is 1. The molecule has 4 aromatic rings. The summed E-state index contributed by atoms with van der Waals surface area (Å²) in [7, 11) is 3.97. The van der Waals surface area contributed by atoms with Crippen molar-refractivity contribution in [2.45, 2.75) is 33.2 Å². The number of hydrogen-bond acceptors (Lipinski definition) is 7. The maximum Gasteiger partial charge on any atom is 0.247 e. The molecule has 0 saturated heterocycles. The maximum absolute atomic E-state index is 12.4. The van der Waals surface area contributed by atoms with Gasteiger partial charge in [0.2, 0.25) is 5.91 Å². The number of benzene rings is 2. The van der Waals surface area contributed by atoms with Crippen molar-refractivity contribution in [1.82, 2.24) is 19.9 Å². The van der Waals surface area contributed by atoms with Crippen molar-refractivity contribution in [3.8, 4) is 23.5 Å². The molecule has 0 atom stereocenters. The molecular formula is C31H32N6O2. The van der Waals surface area contributed by atoms with Crippen molar-refractivity contribution in [3.05, 3.63) is 85.1 Å². The van der Waals surface area contributed by atoms with Crippen LogP contribution in [0.1, 0.15) is 25.1 Å². The lowest BCUT2D eigenvalue weighted by Crippen LogP contribution is -2.36. The smallest absolute Gasteiger partial charge is 0.247 e. The highest BCUT2D eigenvalue weighted by Crippen LogP contribution is 2.37. The van der Waals surface area contributed by atoms with Crippen molar-refractivity contribution < 1.29 is 9.53 Å². The number of anilines is 3. The van der Waals surface area contributed by atoms with Crippen LogP contribution in [0.5, 0.6) is 11.5 Å². The van der Waals surface area contributed by atoms with Crippen molar-refractivity contribution in [3.63, 3.8) is 0 Å². The van der Waals surface area contributed by atoms with E-state index in [4.69, 9.17) is 4.74 Å². The summed E-state index contributed by atoms with van der Waals surface area (Å²) >= 11 is 0. The van der Waals surface area contributed by atoms with Gasteiger partial charge in [-0.3, -0.25) is 19.6 Å². The molecule has 0 aliphatic carbocycles. The zero-order valence-electron chi connectivity index (χ0n) is 23.1. The highest BCUT2D eigenvalue weighted by Gasteiger charge is 2.20. The molecule has 0 saturated carbocycles. The van der Waals surface area contributed by atoms with Gasteiger partial charge in [0.25, 0.3) is 0 Å². The predicted octanol–water partition coefficient (Wildman–Crippen LogP) is 6.00. The first kappa shape index (κ1) is 27.3. The fourth-order valence-electron chi connectivity index (χ4n) is 3.58. The van der Waals surface area contributed by atoms with Crippen LogP contribution in [0.15, 0.2) is 73.8 Å². The van der Waals surface area contributed by atoms with Gasteiger partial charge in [-0.25, -0.2) is 9.97 Å². The summed E-state index contributed by atoms with van der Waals surface area (Å²) in [4.78, 5) is 29.1. The average molecular weight is 521 g/mol. The zero-order valence-corrected chi connectivity index (χ0v) is 23.1. The molecule has 1 N–H and O–H groups in total. The summed E-state index contributed by atoms with van der Waals surface area (Å²) in [5, 5.41) is 3.71. The van der Waals surface area contributed by atoms with Gasteiger partial charge in [-0.1, -0.05) is 12.5 Å². The molecular weight excluding hydrogens is 488 g/mol. The summed E-state index contributed by atoms with van der Waals surface area (Å²) in [6, 6.07) is 16.7. The summed E-state index contributed by atoms with van der Waals surface area (Å²) in [5.74, 6) is 4.40. The Labute approximate surface area is 229 Å². The molecule has 8 heteroatoms. The molecule has 0 unspecified atom stereocenters. The van der Waals surface area contributed by atoms with Crippen molar-refractivity contribution in [1.29, 1.82) is 0 Å². The molecule has 2 heterocycles. The number of carbonyl (C=O) groups is 1. The summed E-state index contributed by atoms with van der Waals surface area (Å²) in [5.41, 5.74) is 4.15. The molecule has 1 amide bonds. The van der Waals surface area contributed by atoms with Gasteiger partial charge in [0, 0.05) is 23.3 Å². The van der Waals surface area contributed by atoms with E-state index in [0.29, 0.717) is 22.9 Å². The molecule has 0 aliphatic heterocycles. The van der Waals surface area contributed by atoms with E-state index in [1.54, 1.807) is 12.4 Å². The van der Waals surface area contributed by atoms with Crippen LogP contribution in [0, 0.1) is 25.8 Å². The predicted molar refractivity (Wildman–Crippen MR) is 156 cm³/mol. The number of ether oxygens (including phenoxy) is 1. The SMILES string of the molecule is C=CC(=O)Nc1cc2cncnc2cc1N(C#CC(C)(C)N(C)C)c1ccc(Oc2ccc(C)nc2)c(C)c1. The highest BCUT2D eigenvalue weighted by atomic mass is 16.5. The molecule has 39 heavy (non-hydrogen) atoms. The van der Waals surface area contributed by atoms with E-state index in [1.165, 1.54) is 12.4 Å². The van der Waals surface area contributed by atoms with Gasteiger partial charge in [-0.05, 0) is 95.9 Å². The second-order valence-corrected chi connectivity index (χ2v) is 9.86. The van der Waals surface area contributed by atoms with E-state index >= 15 is 0 Å². The fraction of sp³-hybridized carbons (Fsp3) is 0.226. The van der Waals surface area contributed by atoms with Gasteiger partial charge in [0.15, 0.2) is 0 Å². The van der Waals surface area contributed by atoms with Gasteiger partial charge in [0.1, 0.15) is 17.8 Å². The highest BCUT2D eigenvalue weighted by molar-refractivity contribution is 6.04. The van der Waals surface area contributed by atoms with Crippen LogP contribution in [0.25, 0.3) is 10.9 Å². The Balaban J connectivity index is 1.86. The first-order chi connectivity index (χ1) is 18.6. The molecule has 8 nitrogen and oxygen atoms in total. The molecule has 0 spiro atoms. The third-order valence-electron chi connectivity index (χ3n) is 6.43. The van der Waals surface area contributed by atoms with Crippen molar-refractivity contribution >= 4 is 33.9 Å². The lowest BCUT2D eigenvalue weighted by molar-refractivity contribution is -0.111. The standard InChI is InChI=1S/C31H32N6O2/c1-8-30(38)35-27-16-23-18-32-20-34-26(23)17-28(27)37(14-13-31(4,5)36(6)7)24-10-12-29(21(2)15-24)39-25-11-9-22(3)33-19-25/h8-12,15-20H,1H2,2-7H3,(H,35,38). The Morgan fingerprint density at radius 3 is 2.54 bits per heavy atom. The van der Waals surface area contributed by atoms with Crippen LogP contribution in [0.3, 0.4) is 0 Å². The first-order valence-corrected chi connectivity index (χ1v) is 12.5. The van der Waals surface area contributed by atoms with E-state index in [0.717, 1.165) is 27.8 Å². The number of aryl methyl sites for hydroxylation is 2. The second kappa shape index (κ2) is 11.3. The number of nitrogens with one attached hydrogen (secondary N) is 1. The Kier molecular flexibility index (Phi) is 7.93. The van der Waals surface area contributed by atoms with Gasteiger partial charge >= 0.3 is 0 Å². The molecule has 2 aromatic carbocycles. The monoisotopic (exact) mass is 520 g/mol. The first-order valence-electron chi connectivity index (χ1n) is 12.5. The van der Waals surface area contributed by atoms with E-state index in [-0.39, 0.29) is 5.91 Å². The van der Waals surface area contributed by atoms with Gasteiger partial charge in [-0.2, -0.15) is 0 Å². The summed E-state index contributed by atoms with van der Waals surface area (Å²) in [6.07, 6.45) is 6.14. The number of aromatic nitrogens is 3. The van der Waals surface area contributed by atoms with Crippen LogP contribution < -0.4 is 15.0 Å². The topological polar surface area (TPSA) is 83.5 Å². The minimum atomic E-state index is -0.418. The van der Waals surface area contributed by atoms with E-state index in [1.807, 2.05) is 94.1 Å². The Bertz CT molecular complexity index is 1580. The quantitative estimate of drug-likeness (QED) is 0.182. The minimum Gasteiger partial charge on any atom is -0.455 e.